The van der Waals surface area contributed by atoms with E-state index in [1.165, 1.54) is 11.2 Å². The number of hydrogen-bond acceptors (Lipinski definition) is 4. The van der Waals surface area contributed by atoms with Crippen LogP contribution in [0.15, 0.2) is 48.4 Å². The van der Waals surface area contributed by atoms with Gasteiger partial charge in [-0.15, -0.1) is 11.3 Å². The van der Waals surface area contributed by atoms with E-state index in [0.717, 1.165) is 11.3 Å². The topological polar surface area (TPSA) is 59.8 Å². The summed E-state index contributed by atoms with van der Waals surface area (Å²) < 4.78 is 1.76. The summed E-state index contributed by atoms with van der Waals surface area (Å²) in [5.74, 6) is 0.370. The largest absolute Gasteiger partial charge is 0.322 e. The quantitative estimate of drug-likeness (QED) is 0.776. The lowest BCUT2D eigenvalue weighted by molar-refractivity contribution is 0.102. The molecule has 0 radical (unpaired) electrons. The van der Waals surface area contributed by atoms with Gasteiger partial charge in [0.05, 0.1) is 12.1 Å². The summed E-state index contributed by atoms with van der Waals surface area (Å²) >= 11 is 1.62. The fraction of sp³-hybridized carbons (Fsp3) is 0.235. The molecule has 2 aromatic heterocycles. The van der Waals surface area contributed by atoms with Crippen LogP contribution in [0.4, 0.5) is 5.69 Å². The van der Waals surface area contributed by atoms with Gasteiger partial charge in [0, 0.05) is 15.9 Å². The molecule has 1 N–H and O–H groups in total. The zero-order chi connectivity index (χ0) is 16.2. The van der Waals surface area contributed by atoms with Gasteiger partial charge in [-0.3, -0.25) is 4.79 Å². The van der Waals surface area contributed by atoms with Crippen LogP contribution in [0.3, 0.4) is 0 Å². The van der Waals surface area contributed by atoms with Crippen molar-refractivity contribution in [2.45, 2.75) is 26.3 Å². The van der Waals surface area contributed by atoms with E-state index in [-0.39, 0.29) is 5.91 Å². The Morgan fingerprint density at radius 1 is 1.30 bits per heavy atom. The van der Waals surface area contributed by atoms with Crippen LogP contribution in [0, 0.1) is 0 Å². The Morgan fingerprint density at radius 2 is 2.09 bits per heavy atom. The molecule has 0 saturated carbocycles. The second kappa shape index (κ2) is 6.75. The molecule has 0 bridgehead atoms. The molecule has 0 spiro atoms. The van der Waals surface area contributed by atoms with Crippen molar-refractivity contribution in [1.29, 1.82) is 0 Å². The molecule has 0 aliphatic heterocycles. The van der Waals surface area contributed by atoms with Gasteiger partial charge in [-0.05, 0) is 29.7 Å². The van der Waals surface area contributed by atoms with E-state index in [0.29, 0.717) is 18.0 Å². The minimum Gasteiger partial charge on any atom is -0.322 e. The molecule has 6 heteroatoms. The van der Waals surface area contributed by atoms with Crippen molar-refractivity contribution >= 4 is 22.9 Å². The van der Waals surface area contributed by atoms with Crippen molar-refractivity contribution in [3.05, 3.63) is 64.4 Å². The van der Waals surface area contributed by atoms with Gasteiger partial charge in [-0.1, -0.05) is 26.0 Å². The highest BCUT2D eigenvalue weighted by Gasteiger charge is 2.10. The van der Waals surface area contributed by atoms with E-state index < -0.39 is 0 Å². The predicted octanol–water partition coefficient (Wildman–Crippen LogP) is 3.76. The number of carbonyl (C=O) groups excluding carboxylic acids is 1. The summed E-state index contributed by atoms with van der Waals surface area (Å²) in [4.78, 5) is 17.4. The molecule has 0 aliphatic rings. The smallest absolute Gasteiger partial charge is 0.256 e. The van der Waals surface area contributed by atoms with Crippen LogP contribution >= 0.6 is 11.3 Å². The van der Waals surface area contributed by atoms with Crippen LogP contribution < -0.4 is 5.32 Å². The van der Waals surface area contributed by atoms with Gasteiger partial charge < -0.3 is 5.32 Å². The van der Waals surface area contributed by atoms with Crippen molar-refractivity contribution in [3.63, 3.8) is 0 Å². The first kappa shape index (κ1) is 15.4. The van der Waals surface area contributed by atoms with Gasteiger partial charge in [0.2, 0.25) is 0 Å². The number of aromatic nitrogens is 3. The first-order valence-electron chi connectivity index (χ1n) is 7.43. The Balaban J connectivity index is 1.64. The highest BCUT2D eigenvalue weighted by molar-refractivity contribution is 7.10. The lowest BCUT2D eigenvalue weighted by Crippen LogP contribution is -2.11. The Hall–Kier alpha value is -2.47. The zero-order valence-electron chi connectivity index (χ0n) is 13.1. The van der Waals surface area contributed by atoms with Crippen LogP contribution in [-0.4, -0.2) is 20.7 Å². The number of benzene rings is 1. The minimum atomic E-state index is -0.0721. The first-order valence-corrected chi connectivity index (χ1v) is 8.31. The molecular formula is C17H18N4OS. The second-order valence-electron chi connectivity index (χ2n) is 5.64. The van der Waals surface area contributed by atoms with E-state index in [2.05, 4.69) is 29.2 Å². The molecule has 118 valence electrons. The Labute approximate surface area is 139 Å². The molecule has 23 heavy (non-hydrogen) atoms. The maximum Gasteiger partial charge on any atom is 0.256 e. The summed E-state index contributed by atoms with van der Waals surface area (Å²) in [6.07, 6.45) is 3.19. The summed E-state index contributed by atoms with van der Waals surface area (Å²) in [6, 6.07) is 9.72. The van der Waals surface area contributed by atoms with Crippen LogP contribution in [0.1, 0.15) is 40.6 Å². The van der Waals surface area contributed by atoms with Crippen molar-refractivity contribution in [2.75, 3.05) is 5.32 Å². The number of amides is 1. The van der Waals surface area contributed by atoms with Crippen LogP contribution in [0.25, 0.3) is 0 Å². The summed E-state index contributed by atoms with van der Waals surface area (Å²) in [5.41, 5.74) is 2.60. The molecule has 0 fully saturated rings. The third-order valence-electron chi connectivity index (χ3n) is 3.47. The van der Waals surface area contributed by atoms with Crippen LogP contribution in [0.2, 0.25) is 0 Å². The van der Waals surface area contributed by atoms with Crippen LogP contribution in [0.5, 0.6) is 0 Å². The van der Waals surface area contributed by atoms with Crippen molar-refractivity contribution in [1.82, 2.24) is 14.8 Å². The lowest BCUT2D eigenvalue weighted by atomic mass is 10.1. The number of nitrogens with zero attached hydrogens (tertiary/aromatic N) is 3. The van der Waals surface area contributed by atoms with E-state index in [1.807, 2.05) is 35.7 Å². The van der Waals surface area contributed by atoms with E-state index in [1.54, 1.807) is 22.3 Å². The molecule has 5 nitrogen and oxygen atoms in total. The fourth-order valence-electron chi connectivity index (χ4n) is 2.17. The second-order valence-corrected chi connectivity index (χ2v) is 6.58. The average Bonchev–Trinajstić information content (AvgIpc) is 3.20. The SMILES string of the molecule is CC(C)c1cc(C(=O)Nc2ccc(Cn3cncn3)cc2)cs1. The van der Waals surface area contributed by atoms with E-state index in [9.17, 15) is 4.79 Å². The molecule has 2 heterocycles. The number of thiophene rings is 1. The molecule has 0 aliphatic carbocycles. The third kappa shape index (κ3) is 3.84. The first-order chi connectivity index (χ1) is 11.1. The number of rotatable bonds is 5. The highest BCUT2D eigenvalue weighted by atomic mass is 32.1. The highest BCUT2D eigenvalue weighted by Crippen LogP contribution is 2.23. The van der Waals surface area contributed by atoms with Crippen LogP contribution in [-0.2, 0) is 6.54 Å². The van der Waals surface area contributed by atoms with E-state index in [4.69, 9.17) is 0 Å². The predicted molar refractivity (Wildman–Crippen MR) is 91.9 cm³/mol. The minimum absolute atomic E-state index is 0.0721. The zero-order valence-corrected chi connectivity index (χ0v) is 13.9. The van der Waals surface area contributed by atoms with Gasteiger partial charge in [-0.25, -0.2) is 9.67 Å². The maximum absolute atomic E-state index is 12.3. The monoisotopic (exact) mass is 326 g/mol. The van der Waals surface area contributed by atoms with Gasteiger partial charge in [0.25, 0.3) is 5.91 Å². The average molecular weight is 326 g/mol. The van der Waals surface area contributed by atoms with Crippen molar-refractivity contribution in [2.24, 2.45) is 0 Å². The maximum atomic E-state index is 12.3. The van der Waals surface area contributed by atoms with Crippen molar-refractivity contribution in [3.8, 4) is 0 Å². The molecule has 0 atom stereocenters. The molecule has 1 aromatic carbocycles. The summed E-state index contributed by atoms with van der Waals surface area (Å²) in [7, 11) is 0. The molecule has 0 saturated heterocycles. The number of nitrogens with one attached hydrogen (secondary N) is 1. The van der Waals surface area contributed by atoms with Crippen molar-refractivity contribution < 1.29 is 4.79 Å². The Bertz CT molecular complexity index is 775. The van der Waals surface area contributed by atoms with Gasteiger partial charge >= 0.3 is 0 Å². The lowest BCUT2D eigenvalue weighted by Gasteiger charge is -2.06. The normalized spacial score (nSPS) is 10.9. The molecule has 3 rings (SSSR count). The third-order valence-corrected chi connectivity index (χ3v) is 4.71. The van der Waals surface area contributed by atoms with Gasteiger partial charge in [-0.2, -0.15) is 5.10 Å². The molecule has 1 amide bonds. The molecule has 3 aromatic rings. The van der Waals surface area contributed by atoms with Gasteiger partial charge in [0.15, 0.2) is 0 Å². The molecule has 0 unspecified atom stereocenters. The van der Waals surface area contributed by atoms with E-state index >= 15 is 0 Å². The Kier molecular flexibility index (Phi) is 4.52. The number of carbonyl (C=O) groups is 1. The van der Waals surface area contributed by atoms with Gasteiger partial charge in [0.1, 0.15) is 12.7 Å². The summed E-state index contributed by atoms with van der Waals surface area (Å²) in [5, 5.41) is 8.91. The number of hydrogen-bond donors (Lipinski definition) is 1. The fourth-order valence-corrected chi connectivity index (χ4v) is 3.08. The number of anilines is 1. The summed E-state index contributed by atoms with van der Waals surface area (Å²) in [6.45, 7) is 4.92. The molecular weight excluding hydrogens is 308 g/mol. The standard InChI is InChI=1S/C17H18N4OS/c1-12(2)16-7-14(9-23-16)17(22)20-15-5-3-13(4-6-15)8-21-11-18-10-19-21/h3-7,9-12H,8H2,1-2H3,(H,20,22). The Morgan fingerprint density at radius 3 is 2.70 bits per heavy atom.